The Morgan fingerprint density at radius 1 is 1.25 bits per heavy atom. The topological polar surface area (TPSA) is 72.6 Å². The van der Waals surface area contributed by atoms with Crippen molar-refractivity contribution in [3.8, 4) is 0 Å². The number of benzene rings is 1. The fourth-order valence-electron chi connectivity index (χ4n) is 3.78. The molecule has 28 heavy (non-hydrogen) atoms. The Labute approximate surface area is 162 Å². The molecule has 1 atom stereocenters. The van der Waals surface area contributed by atoms with E-state index in [1.54, 1.807) is 30.5 Å². The average Bonchev–Trinajstić information content (AvgIpc) is 3.01. The first-order valence-corrected chi connectivity index (χ1v) is 9.45. The largest absolute Gasteiger partial charge is 0.450 e. The lowest BCUT2D eigenvalue weighted by Crippen LogP contribution is -2.31. The van der Waals surface area contributed by atoms with Gasteiger partial charge < -0.3 is 14.1 Å². The number of aromatic nitrogens is 1. The minimum Gasteiger partial charge on any atom is -0.450 e. The van der Waals surface area contributed by atoms with Crippen LogP contribution in [0.1, 0.15) is 46.6 Å². The van der Waals surface area contributed by atoms with Crippen molar-refractivity contribution in [3.05, 3.63) is 75.4 Å². The summed E-state index contributed by atoms with van der Waals surface area (Å²) >= 11 is 0. The first kappa shape index (κ1) is 18.4. The smallest absolute Gasteiger partial charge is 0.290 e. The van der Waals surface area contributed by atoms with Crippen LogP contribution in [0, 0.1) is 0 Å². The van der Waals surface area contributed by atoms with Crippen LogP contribution in [0.2, 0.25) is 0 Å². The Kier molecular flexibility index (Phi) is 4.96. The molecule has 0 aliphatic carbocycles. The van der Waals surface area contributed by atoms with E-state index in [4.69, 9.17) is 9.15 Å². The Morgan fingerprint density at radius 2 is 2.11 bits per heavy atom. The van der Waals surface area contributed by atoms with Gasteiger partial charge in [0.2, 0.25) is 5.76 Å². The molecule has 2 aromatic heterocycles. The van der Waals surface area contributed by atoms with Gasteiger partial charge in [0.25, 0.3) is 5.91 Å². The van der Waals surface area contributed by atoms with Crippen LogP contribution >= 0.6 is 0 Å². The van der Waals surface area contributed by atoms with Crippen LogP contribution in [0.3, 0.4) is 0 Å². The highest BCUT2D eigenvalue weighted by atomic mass is 16.5. The zero-order valence-corrected chi connectivity index (χ0v) is 16.0. The van der Waals surface area contributed by atoms with Crippen molar-refractivity contribution in [3.63, 3.8) is 0 Å². The van der Waals surface area contributed by atoms with E-state index in [1.165, 1.54) is 0 Å². The number of methoxy groups -OCH3 is 1. The van der Waals surface area contributed by atoms with Gasteiger partial charge in [0.05, 0.1) is 17.0 Å². The minimum absolute atomic E-state index is 0.132. The van der Waals surface area contributed by atoms with Crippen LogP contribution in [0.4, 0.5) is 0 Å². The van der Waals surface area contributed by atoms with E-state index in [2.05, 4.69) is 4.98 Å². The first-order chi connectivity index (χ1) is 13.7. The molecule has 6 nitrogen and oxygen atoms in total. The maximum Gasteiger partial charge on any atom is 0.290 e. The summed E-state index contributed by atoms with van der Waals surface area (Å²) in [5.41, 5.74) is 2.54. The van der Waals surface area contributed by atoms with Crippen LogP contribution in [-0.2, 0) is 11.2 Å². The number of carbonyl (C=O) groups excluding carboxylic acids is 1. The van der Waals surface area contributed by atoms with Gasteiger partial charge in [-0.2, -0.15) is 0 Å². The summed E-state index contributed by atoms with van der Waals surface area (Å²) in [7, 11) is 1.63. The second-order valence-electron chi connectivity index (χ2n) is 6.89. The molecule has 0 spiro atoms. The van der Waals surface area contributed by atoms with E-state index < -0.39 is 6.04 Å². The number of carbonyl (C=O) groups is 1. The zero-order valence-electron chi connectivity index (χ0n) is 16.0. The minimum atomic E-state index is -0.501. The fraction of sp³-hybridized carbons (Fsp3) is 0.318. The van der Waals surface area contributed by atoms with E-state index in [0.717, 1.165) is 17.5 Å². The molecule has 4 rings (SSSR count). The lowest BCUT2D eigenvalue weighted by molar-refractivity contribution is 0.0707. The van der Waals surface area contributed by atoms with Crippen molar-refractivity contribution < 1.29 is 13.9 Å². The van der Waals surface area contributed by atoms with E-state index >= 15 is 0 Å². The number of hydrogen-bond donors (Lipinski definition) is 0. The third kappa shape index (κ3) is 2.99. The molecule has 3 aromatic rings. The molecule has 1 amide bonds. The molecule has 0 bridgehead atoms. The molecule has 1 unspecified atom stereocenters. The van der Waals surface area contributed by atoms with Gasteiger partial charge in [0, 0.05) is 32.7 Å². The third-order valence-electron chi connectivity index (χ3n) is 5.19. The number of aryl methyl sites for hydroxylation is 1. The van der Waals surface area contributed by atoms with Gasteiger partial charge in [0.1, 0.15) is 5.58 Å². The number of ether oxygens (including phenoxy) is 1. The summed E-state index contributed by atoms with van der Waals surface area (Å²) in [6.07, 6.45) is 4.86. The number of fused-ring (bicyclic) bond motifs is 2. The SMILES string of the molecule is CCc1ccc2oc3c(c(=O)c2c1)C(c1cccnc1)N(CCCOC)C3=O. The summed E-state index contributed by atoms with van der Waals surface area (Å²) in [6.45, 7) is 3.03. The maximum atomic E-state index is 13.4. The second-order valence-corrected chi connectivity index (χ2v) is 6.89. The molecule has 1 aliphatic rings. The molecule has 3 heterocycles. The van der Waals surface area contributed by atoms with Crippen LogP contribution in [0.25, 0.3) is 11.0 Å². The molecule has 6 heteroatoms. The fourth-order valence-corrected chi connectivity index (χ4v) is 3.78. The van der Waals surface area contributed by atoms with Crippen molar-refractivity contribution in [1.29, 1.82) is 0 Å². The first-order valence-electron chi connectivity index (χ1n) is 9.45. The Balaban J connectivity index is 1.91. The van der Waals surface area contributed by atoms with Gasteiger partial charge >= 0.3 is 0 Å². The molecule has 0 radical (unpaired) electrons. The molecular formula is C22H22N2O4. The van der Waals surface area contributed by atoms with E-state index in [0.29, 0.717) is 36.1 Å². The van der Waals surface area contributed by atoms with Crippen molar-refractivity contribution in [1.82, 2.24) is 9.88 Å². The van der Waals surface area contributed by atoms with Crippen LogP contribution < -0.4 is 5.43 Å². The van der Waals surface area contributed by atoms with Crippen molar-refractivity contribution in [2.45, 2.75) is 25.8 Å². The Hall–Kier alpha value is -2.99. The summed E-state index contributed by atoms with van der Waals surface area (Å²) < 4.78 is 11.1. The van der Waals surface area contributed by atoms with Gasteiger partial charge in [-0.3, -0.25) is 14.6 Å². The van der Waals surface area contributed by atoms with Gasteiger partial charge in [-0.05, 0) is 42.2 Å². The molecule has 1 aliphatic heterocycles. The average molecular weight is 378 g/mol. The summed E-state index contributed by atoms with van der Waals surface area (Å²) in [5, 5.41) is 0.513. The molecule has 0 saturated carbocycles. The number of hydrogen-bond acceptors (Lipinski definition) is 5. The molecular weight excluding hydrogens is 356 g/mol. The summed E-state index contributed by atoms with van der Waals surface area (Å²) in [4.78, 5) is 32.4. The Bertz CT molecular complexity index is 1080. The van der Waals surface area contributed by atoms with Crippen molar-refractivity contribution in [2.75, 3.05) is 20.3 Å². The van der Waals surface area contributed by atoms with Crippen LogP contribution in [0.5, 0.6) is 0 Å². The van der Waals surface area contributed by atoms with Gasteiger partial charge in [0.15, 0.2) is 5.43 Å². The highest BCUT2D eigenvalue weighted by molar-refractivity contribution is 5.99. The second kappa shape index (κ2) is 7.56. The van der Waals surface area contributed by atoms with Crippen LogP contribution in [0.15, 0.2) is 51.9 Å². The lowest BCUT2D eigenvalue weighted by atomic mass is 9.99. The quantitative estimate of drug-likeness (QED) is 0.615. The molecule has 144 valence electrons. The van der Waals surface area contributed by atoms with E-state index in [-0.39, 0.29) is 17.1 Å². The van der Waals surface area contributed by atoms with Gasteiger partial charge in [-0.1, -0.05) is 19.1 Å². The highest BCUT2D eigenvalue weighted by Crippen LogP contribution is 2.37. The predicted octanol–water partition coefficient (Wildman–Crippen LogP) is 3.33. The lowest BCUT2D eigenvalue weighted by Gasteiger charge is -2.24. The predicted molar refractivity (Wildman–Crippen MR) is 105 cm³/mol. The van der Waals surface area contributed by atoms with Gasteiger partial charge in [-0.15, -0.1) is 0 Å². The number of rotatable bonds is 6. The molecule has 1 aromatic carbocycles. The third-order valence-corrected chi connectivity index (χ3v) is 5.19. The highest BCUT2D eigenvalue weighted by Gasteiger charge is 2.42. The van der Waals surface area contributed by atoms with Crippen LogP contribution in [-0.4, -0.2) is 36.1 Å². The number of pyridine rings is 1. The van der Waals surface area contributed by atoms with Crippen molar-refractivity contribution >= 4 is 16.9 Å². The molecule has 0 fully saturated rings. The van der Waals surface area contributed by atoms with E-state index in [9.17, 15) is 9.59 Å². The normalized spacial score (nSPS) is 16.0. The number of amides is 1. The number of nitrogens with zero attached hydrogens (tertiary/aromatic N) is 2. The maximum absolute atomic E-state index is 13.4. The van der Waals surface area contributed by atoms with Crippen molar-refractivity contribution in [2.24, 2.45) is 0 Å². The molecule has 0 N–H and O–H groups in total. The van der Waals surface area contributed by atoms with Gasteiger partial charge in [-0.25, -0.2) is 0 Å². The Morgan fingerprint density at radius 3 is 2.82 bits per heavy atom. The monoisotopic (exact) mass is 378 g/mol. The standard InChI is InChI=1S/C22H22N2O4/c1-3-14-7-8-17-16(12-14)20(25)18-19(15-6-4-9-23-13-15)24(10-5-11-27-2)22(26)21(18)28-17/h4,6-9,12-13,19H,3,5,10-11H2,1-2H3. The molecule has 0 saturated heterocycles. The zero-order chi connectivity index (χ0) is 19.7. The summed E-state index contributed by atoms with van der Waals surface area (Å²) in [6, 6.07) is 8.75. The van der Waals surface area contributed by atoms with E-state index in [1.807, 2.05) is 31.2 Å². The summed E-state index contributed by atoms with van der Waals surface area (Å²) in [5.74, 6) is -0.133.